The summed E-state index contributed by atoms with van der Waals surface area (Å²) in [6, 6.07) is 11.4. The summed E-state index contributed by atoms with van der Waals surface area (Å²) >= 11 is 1.19. The lowest BCUT2D eigenvalue weighted by Crippen LogP contribution is -2.23. The lowest BCUT2D eigenvalue weighted by atomic mass is 10.2. The summed E-state index contributed by atoms with van der Waals surface area (Å²) < 4.78 is 0. The number of aromatic carboxylic acids is 1. The van der Waals surface area contributed by atoms with Gasteiger partial charge < -0.3 is 10.0 Å². The molecule has 5 nitrogen and oxygen atoms in total. The molecular formula is C17H17N3O2S. The molecular weight excluding hydrogens is 310 g/mol. The summed E-state index contributed by atoms with van der Waals surface area (Å²) in [5.41, 5.74) is 0.924. The highest BCUT2D eigenvalue weighted by molar-refractivity contribution is 7.20. The molecule has 0 saturated heterocycles. The van der Waals surface area contributed by atoms with Crippen LogP contribution in [0.1, 0.15) is 23.5 Å². The molecule has 0 fully saturated rings. The van der Waals surface area contributed by atoms with Crippen molar-refractivity contribution >= 4 is 33.3 Å². The van der Waals surface area contributed by atoms with Crippen LogP contribution >= 0.6 is 11.3 Å². The van der Waals surface area contributed by atoms with Crippen molar-refractivity contribution in [3.05, 3.63) is 41.3 Å². The van der Waals surface area contributed by atoms with Gasteiger partial charge in [0.05, 0.1) is 5.39 Å². The Kier molecular flexibility index (Phi) is 4.25. The number of carboxylic acid groups (broad SMARTS) is 1. The second-order valence-corrected chi connectivity index (χ2v) is 6.07. The van der Waals surface area contributed by atoms with Gasteiger partial charge >= 0.3 is 5.97 Å². The van der Waals surface area contributed by atoms with Crippen LogP contribution < -0.4 is 4.90 Å². The average molecular weight is 327 g/mol. The number of hydrogen-bond donors (Lipinski definition) is 1. The maximum Gasteiger partial charge on any atom is 0.345 e. The highest BCUT2D eigenvalue weighted by Crippen LogP contribution is 2.33. The molecule has 2 aromatic heterocycles. The van der Waals surface area contributed by atoms with Crippen molar-refractivity contribution in [2.24, 2.45) is 0 Å². The van der Waals surface area contributed by atoms with Gasteiger partial charge in [-0.05, 0) is 19.9 Å². The molecule has 0 unspecified atom stereocenters. The highest BCUT2D eigenvalue weighted by atomic mass is 32.1. The van der Waals surface area contributed by atoms with Gasteiger partial charge in [0.2, 0.25) is 0 Å². The van der Waals surface area contributed by atoms with Crippen LogP contribution in [0.15, 0.2) is 36.4 Å². The molecule has 1 N–H and O–H groups in total. The van der Waals surface area contributed by atoms with Crippen LogP contribution in [0.3, 0.4) is 0 Å². The van der Waals surface area contributed by atoms with Gasteiger partial charge in [0.15, 0.2) is 5.82 Å². The van der Waals surface area contributed by atoms with Crippen molar-refractivity contribution in [2.45, 2.75) is 13.8 Å². The van der Waals surface area contributed by atoms with E-state index in [1.54, 1.807) is 6.07 Å². The predicted molar refractivity (Wildman–Crippen MR) is 93.4 cm³/mol. The van der Waals surface area contributed by atoms with Gasteiger partial charge in [0, 0.05) is 18.7 Å². The van der Waals surface area contributed by atoms with Gasteiger partial charge in [0.25, 0.3) is 0 Å². The number of nitrogens with zero attached hydrogens (tertiary/aromatic N) is 3. The molecule has 0 aliphatic carbocycles. The van der Waals surface area contributed by atoms with Gasteiger partial charge in [-0.25, -0.2) is 14.8 Å². The SMILES string of the molecule is CCN(CC)c1nc(-c2ccccc2)nc2sc(C(=O)O)cc12. The third-order valence-corrected chi connectivity index (χ3v) is 4.70. The van der Waals surface area contributed by atoms with E-state index in [0.29, 0.717) is 10.7 Å². The topological polar surface area (TPSA) is 66.3 Å². The molecule has 0 bridgehead atoms. The van der Waals surface area contributed by atoms with E-state index in [4.69, 9.17) is 4.98 Å². The monoisotopic (exact) mass is 327 g/mol. The van der Waals surface area contributed by atoms with Crippen LogP contribution in [0.5, 0.6) is 0 Å². The fraction of sp³-hybridized carbons (Fsp3) is 0.235. The summed E-state index contributed by atoms with van der Waals surface area (Å²) in [6.45, 7) is 5.72. The number of carbonyl (C=O) groups is 1. The zero-order chi connectivity index (χ0) is 16.4. The van der Waals surface area contributed by atoms with Crippen LogP contribution in [0.25, 0.3) is 21.6 Å². The van der Waals surface area contributed by atoms with E-state index in [2.05, 4.69) is 23.7 Å². The Hall–Kier alpha value is -2.47. The molecule has 1 aromatic carbocycles. The van der Waals surface area contributed by atoms with E-state index in [9.17, 15) is 9.90 Å². The number of thiophene rings is 1. The maximum atomic E-state index is 11.3. The largest absolute Gasteiger partial charge is 0.477 e. The Labute approximate surface area is 138 Å². The number of carboxylic acids is 1. The molecule has 0 radical (unpaired) electrons. The van der Waals surface area contributed by atoms with Crippen LogP contribution in [-0.4, -0.2) is 34.1 Å². The number of aromatic nitrogens is 2. The predicted octanol–water partition coefficient (Wildman–Crippen LogP) is 3.90. The third-order valence-electron chi connectivity index (χ3n) is 3.68. The summed E-state index contributed by atoms with van der Waals surface area (Å²) in [5.74, 6) is 0.487. The Morgan fingerprint density at radius 2 is 1.87 bits per heavy atom. The standard InChI is InChI=1S/C17H17N3O2S/c1-3-20(4-2)15-12-10-13(17(21)22)23-16(12)19-14(18-15)11-8-6-5-7-9-11/h5-10H,3-4H2,1-2H3,(H,21,22). The molecule has 118 valence electrons. The van der Waals surface area contributed by atoms with E-state index in [1.165, 1.54) is 11.3 Å². The van der Waals surface area contributed by atoms with Crippen LogP contribution in [-0.2, 0) is 0 Å². The van der Waals surface area contributed by atoms with Gasteiger partial charge in [-0.1, -0.05) is 30.3 Å². The van der Waals surface area contributed by atoms with Gasteiger partial charge in [0.1, 0.15) is 15.5 Å². The second-order valence-electron chi connectivity index (χ2n) is 5.04. The number of fused-ring (bicyclic) bond motifs is 1. The summed E-state index contributed by atoms with van der Waals surface area (Å²) in [6.07, 6.45) is 0. The van der Waals surface area contributed by atoms with Crippen molar-refractivity contribution in [3.8, 4) is 11.4 Å². The molecule has 23 heavy (non-hydrogen) atoms. The molecule has 0 saturated carbocycles. The molecule has 0 atom stereocenters. The molecule has 2 heterocycles. The molecule has 3 rings (SSSR count). The van der Waals surface area contributed by atoms with Crippen molar-refractivity contribution in [1.82, 2.24) is 9.97 Å². The molecule has 0 aliphatic rings. The van der Waals surface area contributed by atoms with Crippen molar-refractivity contribution in [3.63, 3.8) is 0 Å². The lowest BCUT2D eigenvalue weighted by Gasteiger charge is -2.21. The Bertz CT molecular complexity index is 842. The smallest absolute Gasteiger partial charge is 0.345 e. The van der Waals surface area contributed by atoms with Crippen molar-refractivity contribution in [1.29, 1.82) is 0 Å². The van der Waals surface area contributed by atoms with Crippen LogP contribution in [0.4, 0.5) is 5.82 Å². The Morgan fingerprint density at radius 1 is 1.17 bits per heavy atom. The van der Waals surface area contributed by atoms with E-state index >= 15 is 0 Å². The lowest BCUT2D eigenvalue weighted by molar-refractivity contribution is 0.0702. The van der Waals surface area contributed by atoms with E-state index in [-0.39, 0.29) is 4.88 Å². The molecule has 6 heteroatoms. The van der Waals surface area contributed by atoms with Gasteiger partial charge in [-0.2, -0.15) is 0 Å². The van der Waals surface area contributed by atoms with Crippen LogP contribution in [0.2, 0.25) is 0 Å². The highest BCUT2D eigenvalue weighted by Gasteiger charge is 2.18. The fourth-order valence-electron chi connectivity index (χ4n) is 2.49. The van der Waals surface area contributed by atoms with E-state index < -0.39 is 5.97 Å². The molecule has 0 aliphatic heterocycles. The summed E-state index contributed by atoms with van der Waals surface area (Å²) in [4.78, 5) is 23.7. The van der Waals surface area contributed by atoms with Crippen LogP contribution in [0, 0.1) is 0 Å². The maximum absolute atomic E-state index is 11.3. The molecule has 3 aromatic rings. The minimum Gasteiger partial charge on any atom is -0.477 e. The first-order valence-corrected chi connectivity index (χ1v) is 8.31. The molecule has 0 spiro atoms. The second kappa shape index (κ2) is 6.34. The Morgan fingerprint density at radius 3 is 2.48 bits per heavy atom. The summed E-state index contributed by atoms with van der Waals surface area (Å²) in [5, 5.41) is 10.1. The minimum atomic E-state index is -0.931. The van der Waals surface area contributed by atoms with E-state index in [0.717, 1.165) is 29.9 Å². The fourth-order valence-corrected chi connectivity index (χ4v) is 3.36. The zero-order valence-electron chi connectivity index (χ0n) is 13.0. The first kappa shape index (κ1) is 15.4. The zero-order valence-corrected chi connectivity index (χ0v) is 13.8. The van der Waals surface area contributed by atoms with Crippen molar-refractivity contribution < 1.29 is 9.90 Å². The number of anilines is 1. The number of benzene rings is 1. The third kappa shape index (κ3) is 2.90. The van der Waals surface area contributed by atoms with E-state index in [1.807, 2.05) is 30.3 Å². The Balaban J connectivity index is 2.26. The number of hydrogen-bond acceptors (Lipinski definition) is 5. The summed E-state index contributed by atoms with van der Waals surface area (Å²) in [7, 11) is 0. The van der Waals surface area contributed by atoms with Gasteiger partial charge in [-0.3, -0.25) is 0 Å². The number of rotatable bonds is 5. The quantitative estimate of drug-likeness (QED) is 0.770. The van der Waals surface area contributed by atoms with Crippen molar-refractivity contribution in [2.75, 3.05) is 18.0 Å². The van der Waals surface area contributed by atoms with Gasteiger partial charge in [-0.15, -0.1) is 11.3 Å². The first-order chi connectivity index (χ1) is 11.1. The minimum absolute atomic E-state index is 0.285. The molecule has 0 amide bonds. The average Bonchev–Trinajstić information content (AvgIpc) is 3.01. The normalized spacial score (nSPS) is 10.9. The first-order valence-electron chi connectivity index (χ1n) is 7.49.